The molecular weight excluding hydrogens is 275 g/mol. The van der Waals surface area contributed by atoms with Crippen LogP contribution < -0.4 is 4.74 Å². The van der Waals surface area contributed by atoms with E-state index in [1.54, 1.807) is 19.1 Å². The molecule has 21 heavy (non-hydrogen) atoms. The number of aliphatic hydroxyl groups is 1. The largest absolute Gasteiger partial charge is 0.490 e. The maximum Gasteiger partial charge on any atom is 0.132 e. The Bertz CT molecular complexity index is 497. The molecule has 0 aliphatic carbocycles. The Morgan fingerprint density at radius 2 is 2.29 bits per heavy atom. The van der Waals surface area contributed by atoms with Gasteiger partial charge in [-0.05, 0) is 19.1 Å². The van der Waals surface area contributed by atoms with Gasteiger partial charge >= 0.3 is 0 Å². The molecular formula is C16H21FO4. The highest BCUT2D eigenvalue weighted by Crippen LogP contribution is 2.34. The Labute approximate surface area is 123 Å². The Kier molecular flexibility index (Phi) is 4.15. The summed E-state index contributed by atoms with van der Waals surface area (Å²) in [6.45, 7) is 3.52. The number of hydrogen-bond acceptors (Lipinski definition) is 4. The molecule has 2 heterocycles. The zero-order chi connectivity index (χ0) is 14.9. The maximum absolute atomic E-state index is 13.9. The molecule has 116 valence electrons. The maximum atomic E-state index is 13.9. The van der Waals surface area contributed by atoms with Gasteiger partial charge in [0.05, 0.1) is 24.9 Å². The SMILES string of the molecule is C[C@@H](O)c1ccc(OC2CCOC3(CCOC3)C2)cc1F. The summed E-state index contributed by atoms with van der Waals surface area (Å²) in [6.07, 6.45) is 1.65. The van der Waals surface area contributed by atoms with E-state index in [4.69, 9.17) is 14.2 Å². The van der Waals surface area contributed by atoms with Crippen molar-refractivity contribution in [2.24, 2.45) is 0 Å². The van der Waals surface area contributed by atoms with Crippen molar-refractivity contribution in [2.45, 2.75) is 44.0 Å². The van der Waals surface area contributed by atoms with E-state index < -0.39 is 11.9 Å². The number of aliphatic hydroxyl groups excluding tert-OH is 1. The van der Waals surface area contributed by atoms with Crippen molar-refractivity contribution in [3.05, 3.63) is 29.6 Å². The highest BCUT2D eigenvalue weighted by Gasteiger charge is 2.41. The highest BCUT2D eigenvalue weighted by molar-refractivity contribution is 5.30. The van der Waals surface area contributed by atoms with Crippen LogP contribution in [0.4, 0.5) is 4.39 Å². The van der Waals surface area contributed by atoms with Crippen molar-refractivity contribution < 1.29 is 23.7 Å². The minimum atomic E-state index is -0.818. The van der Waals surface area contributed by atoms with E-state index in [9.17, 15) is 9.50 Å². The molecule has 0 bridgehead atoms. The Hall–Kier alpha value is -1.17. The monoisotopic (exact) mass is 296 g/mol. The Balaban J connectivity index is 1.67. The smallest absolute Gasteiger partial charge is 0.132 e. The topological polar surface area (TPSA) is 47.9 Å². The predicted molar refractivity (Wildman–Crippen MR) is 74.8 cm³/mol. The number of ether oxygens (including phenoxy) is 3. The van der Waals surface area contributed by atoms with Crippen molar-refractivity contribution in [1.29, 1.82) is 0 Å². The lowest BCUT2D eigenvalue weighted by molar-refractivity contribution is -0.112. The quantitative estimate of drug-likeness (QED) is 0.931. The first-order valence-electron chi connectivity index (χ1n) is 7.44. The average molecular weight is 296 g/mol. The van der Waals surface area contributed by atoms with Gasteiger partial charge in [0.25, 0.3) is 0 Å². The van der Waals surface area contributed by atoms with Crippen LogP contribution in [-0.2, 0) is 9.47 Å². The van der Waals surface area contributed by atoms with E-state index in [1.165, 1.54) is 6.07 Å². The summed E-state index contributed by atoms with van der Waals surface area (Å²) in [4.78, 5) is 0. The zero-order valence-corrected chi connectivity index (χ0v) is 12.2. The molecule has 2 aliphatic rings. The summed E-state index contributed by atoms with van der Waals surface area (Å²) in [5, 5.41) is 9.44. The summed E-state index contributed by atoms with van der Waals surface area (Å²) in [7, 11) is 0. The molecule has 2 aliphatic heterocycles. The van der Waals surface area contributed by atoms with Crippen LogP contribution in [0.15, 0.2) is 18.2 Å². The van der Waals surface area contributed by atoms with Gasteiger partial charge in [-0.1, -0.05) is 0 Å². The van der Waals surface area contributed by atoms with Gasteiger partial charge in [-0.3, -0.25) is 0 Å². The summed E-state index contributed by atoms with van der Waals surface area (Å²) in [5.74, 6) is 0.0614. The van der Waals surface area contributed by atoms with Crippen molar-refractivity contribution in [1.82, 2.24) is 0 Å². The Morgan fingerprint density at radius 3 is 2.95 bits per heavy atom. The second kappa shape index (κ2) is 5.91. The van der Waals surface area contributed by atoms with Crippen LogP contribution in [0.25, 0.3) is 0 Å². The molecule has 2 fully saturated rings. The summed E-state index contributed by atoms with van der Waals surface area (Å²) >= 11 is 0. The molecule has 2 saturated heterocycles. The van der Waals surface area contributed by atoms with Gasteiger partial charge in [-0.25, -0.2) is 4.39 Å². The van der Waals surface area contributed by atoms with Crippen LogP contribution in [-0.4, -0.2) is 36.6 Å². The summed E-state index contributed by atoms with van der Waals surface area (Å²) in [6, 6.07) is 4.62. The minimum absolute atomic E-state index is 0.0113. The van der Waals surface area contributed by atoms with Crippen molar-refractivity contribution in [3.8, 4) is 5.75 Å². The molecule has 0 saturated carbocycles. The number of rotatable bonds is 3. The lowest BCUT2D eigenvalue weighted by Gasteiger charge is -2.37. The van der Waals surface area contributed by atoms with E-state index in [-0.39, 0.29) is 17.3 Å². The van der Waals surface area contributed by atoms with Crippen molar-refractivity contribution >= 4 is 0 Å². The molecule has 1 aromatic carbocycles. The molecule has 0 aromatic heterocycles. The average Bonchev–Trinajstić information content (AvgIpc) is 2.86. The van der Waals surface area contributed by atoms with Crippen molar-refractivity contribution in [2.75, 3.05) is 19.8 Å². The van der Waals surface area contributed by atoms with Gasteiger partial charge in [0, 0.05) is 37.5 Å². The van der Waals surface area contributed by atoms with Gasteiger partial charge in [-0.2, -0.15) is 0 Å². The van der Waals surface area contributed by atoms with E-state index in [2.05, 4.69) is 0 Å². The Morgan fingerprint density at radius 1 is 1.43 bits per heavy atom. The number of hydrogen-bond donors (Lipinski definition) is 1. The highest BCUT2D eigenvalue weighted by atomic mass is 19.1. The van der Waals surface area contributed by atoms with Crippen LogP contribution in [0.3, 0.4) is 0 Å². The van der Waals surface area contributed by atoms with E-state index >= 15 is 0 Å². The van der Waals surface area contributed by atoms with Crippen LogP contribution >= 0.6 is 0 Å². The molecule has 0 amide bonds. The molecule has 3 rings (SSSR count). The predicted octanol–water partition coefficient (Wildman–Crippen LogP) is 2.60. The summed E-state index contributed by atoms with van der Waals surface area (Å²) < 4.78 is 31.1. The third-order valence-corrected chi connectivity index (χ3v) is 4.24. The first kappa shape index (κ1) is 14.8. The molecule has 0 radical (unpaired) electrons. The molecule has 3 atom stereocenters. The molecule has 5 heteroatoms. The van der Waals surface area contributed by atoms with Crippen LogP contribution in [0, 0.1) is 5.82 Å². The number of halogens is 1. The molecule has 1 aromatic rings. The first-order chi connectivity index (χ1) is 10.1. The fourth-order valence-electron chi connectivity index (χ4n) is 3.06. The van der Waals surface area contributed by atoms with Gasteiger partial charge in [0.1, 0.15) is 17.7 Å². The fourth-order valence-corrected chi connectivity index (χ4v) is 3.06. The lowest BCUT2D eigenvalue weighted by atomic mass is 9.91. The fraction of sp³-hybridized carbons (Fsp3) is 0.625. The van der Waals surface area contributed by atoms with Gasteiger partial charge in [0.2, 0.25) is 0 Å². The third-order valence-electron chi connectivity index (χ3n) is 4.24. The second-order valence-corrected chi connectivity index (χ2v) is 5.93. The molecule has 1 N–H and O–H groups in total. The normalized spacial score (nSPS) is 30.5. The van der Waals surface area contributed by atoms with E-state index in [1.807, 2.05) is 0 Å². The van der Waals surface area contributed by atoms with Gasteiger partial charge in [0.15, 0.2) is 0 Å². The summed E-state index contributed by atoms with van der Waals surface area (Å²) in [5.41, 5.74) is 0.0658. The van der Waals surface area contributed by atoms with Gasteiger partial charge < -0.3 is 19.3 Å². The molecule has 1 spiro atoms. The minimum Gasteiger partial charge on any atom is -0.490 e. The van der Waals surface area contributed by atoms with Crippen molar-refractivity contribution in [3.63, 3.8) is 0 Å². The molecule has 4 nitrogen and oxygen atoms in total. The third kappa shape index (κ3) is 3.20. The van der Waals surface area contributed by atoms with E-state index in [0.29, 0.717) is 19.0 Å². The lowest BCUT2D eigenvalue weighted by Crippen LogP contribution is -2.44. The second-order valence-electron chi connectivity index (χ2n) is 5.93. The molecule has 2 unspecified atom stereocenters. The zero-order valence-electron chi connectivity index (χ0n) is 12.2. The first-order valence-corrected chi connectivity index (χ1v) is 7.44. The van der Waals surface area contributed by atoms with Crippen LogP contribution in [0.5, 0.6) is 5.75 Å². The van der Waals surface area contributed by atoms with Crippen LogP contribution in [0.2, 0.25) is 0 Å². The standard InChI is InChI=1S/C16H21FO4/c1-11(18)14-3-2-12(8-15(14)17)21-13-4-6-20-16(9-13)5-7-19-10-16/h2-3,8,11,13,18H,4-7,9-10H2,1H3/t11-,13?,16?/m1/s1. The number of benzene rings is 1. The van der Waals surface area contributed by atoms with Gasteiger partial charge in [-0.15, -0.1) is 0 Å². The van der Waals surface area contributed by atoms with Crippen LogP contribution in [0.1, 0.15) is 37.9 Å². The van der Waals surface area contributed by atoms with E-state index in [0.717, 1.165) is 25.9 Å².